The first-order valence-electron chi connectivity index (χ1n) is 8.77. The molecule has 6 nitrogen and oxygen atoms in total. The summed E-state index contributed by atoms with van der Waals surface area (Å²) in [7, 11) is 0. The molecule has 1 aliphatic heterocycles. The summed E-state index contributed by atoms with van der Waals surface area (Å²) in [5.41, 5.74) is 3.31. The molecule has 1 atom stereocenters. The second-order valence-electron chi connectivity index (χ2n) is 6.78. The first-order valence-corrected chi connectivity index (χ1v) is 8.77. The van der Waals surface area contributed by atoms with Gasteiger partial charge in [0.15, 0.2) is 0 Å². The van der Waals surface area contributed by atoms with Crippen molar-refractivity contribution in [3.63, 3.8) is 0 Å². The zero-order chi connectivity index (χ0) is 19.7. The normalized spacial score (nSPS) is 16.8. The Labute approximate surface area is 158 Å². The number of para-hydroxylation sites is 1. The molecule has 0 aromatic heterocycles. The van der Waals surface area contributed by atoms with Crippen LogP contribution in [0.2, 0.25) is 0 Å². The third-order valence-electron chi connectivity index (χ3n) is 4.67. The van der Waals surface area contributed by atoms with E-state index in [-0.39, 0.29) is 0 Å². The molecule has 1 aliphatic rings. The Bertz CT molecular complexity index is 885. The summed E-state index contributed by atoms with van der Waals surface area (Å²) in [6, 6.07) is 11.7. The number of nitrogens with zero attached hydrogens (tertiary/aromatic N) is 2. The van der Waals surface area contributed by atoms with E-state index in [4.69, 9.17) is 4.74 Å². The Morgan fingerprint density at radius 2 is 1.59 bits per heavy atom. The van der Waals surface area contributed by atoms with Crippen LogP contribution < -0.4 is 9.64 Å². The van der Waals surface area contributed by atoms with Crippen LogP contribution in [0.25, 0.3) is 0 Å². The highest BCUT2D eigenvalue weighted by molar-refractivity contribution is 6.15. The molecule has 140 valence electrons. The van der Waals surface area contributed by atoms with Crippen LogP contribution in [-0.4, -0.2) is 35.4 Å². The van der Waals surface area contributed by atoms with E-state index in [1.807, 2.05) is 51.1 Å². The number of esters is 1. The summed E-state index contributed by atoms with van der Waals surface area (Å²) in [6.45, 7) is 6.85. The Kier molecular flexibility index (Phi) is 4.99. The number of carbonyl (C=O) groups excluding carboxylic acids is 3. The minimum Gasteiger partial charge on any atom is -0.425 e. The van der Waals surface area contributed by atoms with Gasteiger partial charge in [-0.3, -0.25) is 14.6 Å². The molecule has 27 heavy (non-hydrogen) atoms. The van der Waals surface area contributed by atoms with Gasteiger partial charge in [0, 0.05) is 5.69 Å². The second kappa shape index (κ2) is 7.23. The summed E-state index contributed by atoms with van der Waals surface area (Å²) >= 11 is 0. The van der Waals surface area contributed by atoms with Gasteiger partial charge in [-0.1, -0.05) is 35.9 Å². The van der Waals surface area contributed by atoms with Crippen molar-refractivity contribution in [1.82, 2.24) is 4.90 Å². The molecule has 0 unspecified atom stereocenters. The Hall–Kier alpha value is -3.15. The molecular formula is C21H22N2O4. The van der Waals surface area contributed by atoms with E-state index in [2.05, 4.69) is 0 Å². The molecule has 3 rings (SSSR count). The highest BCUT2D eigenvalue weighted by Crippen LogP contribution is 2.27. The van der Waals surface area contributed by atoms with Gasteiger partial charge in [0.05, 0.1) is 0 Å². The standard InChI is InChI=1S/C21H22N2O4/c1-13-8-10-17(11-9-13)23-16(4)20(25)22(21(23)26)12-18(24)27-19-14(2)6-5-7-15(19)3/h5-11,16H,12H2,1-4H3/t16-/m0/s1. The monoisotopic (exact) mass is 366 g/mol. The minimum atomic E-state index is -0.673. The molecule has 0 spiro atoms. The Morgan fingerprint density at radius 3 is 2.19 bits per heavy atom. The molecule has 0 bridgehead atoms. The van der Waals surface area contributed by atoms with Crippen LogP contribution in [0.3, 0.4) is 0 Å². The molecular weight excluding hydrogens is 344 g/mol. The van der Waals surface area contributed by atoms with Gasteiger partial charge >= 0.3 is 12.0 Å². The van der Waals surface area contributed by atoms with Gasteiger partial charge in [-0.2, -0.15) is 0 Å². The van der Waals surface area contributed by atoms with Crippen molar-refractivity contribution >= 4 is 23.6 Å². The van der Waals surface area contributed by atoms with Crippen LogP contribution in [0, 0.1) is 20.8 Å². The molecule has 0 aliphatic carbocycles. The van der Waals surface area contributed by atoms with Crippen LogP contribution in [0.5, 0.6) is 5.75 Å². The van der Waals surface area contributed by atoms with E-state index in [9.17, 15) is 14.4 Å². The van der Waals surface area contributed by atoms with E-state index < -0.39 is 30.5 Å². The summed E-state index contributed by atoms with van der Waals surface area (Å²) in [5, 5.41) is 0. The van der Waals surface area contributed by atoms with Crippen LogP contribution in [0.15, 0.2) is 42.5 Å². The maximum absolute atomic E-state index is 12.8. The smallest absolute Gasteiger partial charge is 0.332 e. The van der Waals surface area contributed by atoms with Crippen LogP contribution in [-0.2, 0) is 9.59 Å². The fourth-order valence-corrected chi connectivity index (χ4v) is 3.15. The second-order valence-corrected chi connectivity index (χ2v) is 6.78. The van der Waals surface area contributed by atoms with E-state index >= 15 is 0 Å². The predicted octanol–water partition coefficient (Wildman–Crippen LogP) is 3.37. The zero-order valence-corrected chi connectivity index (χ0v) is 15.9. The van der Waals surface area contributed by atoms with Crippen LogP contribution >= 0.6 is 0 Å². The fourth-order valence-electron chi connectivity index (χ4n) is 3.15. The molecule has 2 aromatic rings. The molecule has 1 heterocycles. The van der Waals surface area contributed by atoms with Crippen molar-refractivity contribution in [1.29, 1.82) is 0 Å². The number of hydrogen-bond donors (Lipinski definition) is 0. The SMILES string of the molecule is Cc1ccc(N2C(=O)N(CC(=O)Oc3c(C)cccc3C)C(=O)[C@@H]2C)cc1. The predicted molar refractivity (Wildman–Crippen MR) is 102 cm³/mol. The topological polar surface area (TPSA) is 66.9 Å². The maximum atomic E-state index is 12.8. The van der Waals surface area contributed by atoms with Crippen molar-refractivity contribution in [3.05, 3.63) is 59.2 Å². The first-order chi connectivity index (χ1) is 12.8. The molecule has 6 heteroatoms. The number of anilines is 1. The number of hydrogen-bond acceptors (Lipinski definition) is 4. The Morgan fingerprint density at radius 1 is 1.00 bits per heavy atom. The lowest BCUT2D eigenvalue weighted by Gasteiger charge is -2.19. The highest BCUT2D eigenvalue weighted by Gasteiger charge is 2.44. The van der Waals surface area contributed by atoms with Crippen molar-refractivity contribution in [2.45, 2.75) is 33.7 Å². The molecule has 0 radical (unpaired) electrons. The summed E-state index contributed by atoms with van der Waals surface area (Å²) < 4.78 is 5.42. The minimum absolute atomic E-state index is 0.418. The third kappa shape index (κ3) is 3.56. The number of benzene rings is 2. The Balaban J connectivity index is 1.77. The maximum Gasteiger partial charge on any atom is 0.332 e. The van der Waals surface area contributed by atoms with Crippen LogP contribution in [0.1, 0.15) is 23.6 Å². The largest absolute Gasteiger partial charge is 0.425 e. The fraction of sp³-hybridized carbons (Fsp3) is 0.286. The van der Waals surface area contributed by atoms with E-state index in [0.29, 0.717) is 11.4 Å². The van der Waals surface area contributed by atoms with Gasteiger partial charge < -0.3 is 4.74 Å². The molecule has 1 saturated heterocycles. The summed E-state index contributed by atoms with van der Waals surface area (Å²) in [6.07, 6.45) is 0. The van der Waals surface area contributed by atoms with Crippen molar-refractivity contribution in [3.8, 4) is 5.75 Å². The number of rotatable bonds is 4. The lowest BCUT2D eigenvalue weighted by atomic mass is 10.1. The number of aryl methyl sites for hydroxylation is 3. The van der Waals surface area contributed by atoms with Crippen molar-refractivity contribution in [2.75, 3.05) is 11.4 Å². The average molecular weight is 366 g/mol. The molecule has 0 saturated carbocycles. The number of imide groups is 1. The van der Waals surface area contributed by atoms with Gasteiger partial charge in [-0.05, 0) is 51.0 Å². The van der Waals surface area contributed by atoms with Crippen LogP contribution in [0.4, 0.5) is 10.5 Å². The van der Waals surface area contributed by atoms with Gasteiger partial charge in [-0.15, -0.1) is 0 Å². The van der Waals surface area contributed by atoms with Gasteiger partial charge in [0.1, 0.15) is 18.3 Å². The summed E-state index contributed by atoms with van der Waals surface area (Å²) in [4.78, 5) is 40.0. The number of carbonyl (C=O) groups is 3. The molecule has 3 amide bonds. The quantitative estimate of drug-likeness (QED) is 0.473. The third-order valence-corrected chi connectivity index (χ3v) is 4.67. The van der Waals surface area contributed by atoms with Crippen molar-refractivity contribution in [2.24, 2.45) is 0 Å². The molecule has 2 aromatic carbocycles. The van der Waals surface area contributed by atoms with Gasteiger partial charge in [0.2, 0.25) is 0 Å². The summed E-state index contributed by atoms with van der Waals surface area (Å²) in [5.74, 6) is -0.601. The van der Waals surface area contributed by atoms with Crippen molar-refractivity contribution < 1.29 is 19.1 Å². The van der Waals surface area contributed by atoms with E-state index in [1.165, 1.54) is 4.90 Å². The highest BCUT2D eigenvalue weighted by atomic mass is 16.5. The molecule has 1 fully saturated rings. The van der Waals surface area contributed by atoms with Gasteiger partial charge in [-0.25, -0.2) is 9.59 Å². The zero-order valence-electron chi connectivity index (χ0n) is 15.9. The average Bonchev–Trinajstić information content (AvgIpc) is 2.83. The van der Waals surface area contributed by atoms with E-state index in [0.717, 1.165) is 21.6 Å². The first kappa shape index (κ1) is 18.6. The number of ether oxygens (including phenoxy) is 1. The number of urea groups is 1. The number of amides is 3. The van der Waals surface area contributed by atoms with E-state index in [1.54, 1.807) is 19.1 Å². The lowest BCUT2D eigenvalue weighted by Crippen LogP contribution is -2.38. The van der Waals surface area contributed by atoms with Gasteiger partial charge in [0.25, 0.3) is 5.91 Å². The molecule has 0 N–H and O–H groups in total. The lowest BCUT2D eigenvalue weighted by molar-refractivity contribution is -0.139.